The summed E-state index contributed by atoms with van der Waals surface area (Å²) in [5.41, 5.74) is 0. The number of carbonyl (C=O) groups excluding carboxylic acids is 1. The van der Waals surface area contributed by atoms with Crippen molar-refractivity contribution in [2.45, 2.75) is 19.4 Å². The second-order valence-electron chi connectivity index (χ2n) is 4.39. The predicted molar refractivity (Wildman–Crippen MR) is 49.0 cm³/mol. The van der Waals surface area contributed by atoms with Gasteiger partial charge in [0.2, 0.25) is 0 Å². The third-order valence-electron chi connectivity index (χ3n) is 3.72. The van der Waals surface area contributed by atoms with Crippen molar-refractivity contribution < 1.29 is 21.6 Å². The van der Waals surface area contributed by atoms with Crippen molar-refractivity contribution in [2.24, 2.45) is 23.7 Å². The van der Waals surface area contributed by atoms with E-state index in [4.69, 9.17) is 4.18 Å². The molecule has 0 aromatic rings. The highest BCUT2D eigenvalue weighted by Gasteiger charge is 2.75. The molecule has 0 amide bonds. The summed E-state index contributed by atoms with van der Waals surface area (Å²) in [5, 5.41) is 0. The Morgan fingerprint density at radius 3 is 2.60 bits per heavy atom. The fourth-order valence-electron chi connectivity index (χ4n) is 3.21. The van der Waals surface area contributed by atoms with Crippen molar-refractivity contribution >= 4 is 16.2 Å². The lowest BCUT2D eigenvalue weighted by Crippen LogP contribution is -2.25. The van der Waals surface area contributed by atoms with Gasteiger partial charge in [-0.3, -0.25) is 4.79 Å². The van der Waals surface area contributed by atoms with Gasteiger partial charge < -0.3 is 0 Å². The maximum absolute atomic E-state index is 11.5. The Hall–Kier alpha value is -0.460. The number of hydrogen-bond donors (Lipinski definition) is 0. The fraction of sp³-hybridized carbons (Fsp3) is 0.889. The van der Waals surface area contributed by atoms with E-state index in [0.29, 0.717) is 5.92 Å². The van der Waals surface area contributed by atoms with Crippen molar-refractivity contribution in [3.8, 4) is 0 Å². The minimum absolute atomic E-state index is 0.0607. The Labute approximate surface area is 88.1 Å². The van der Waals surface area contributed by atoms with E-state index in [1.54, 1.807) is 6.92 Å². The normalized spacial score (nSPS) is 46.2. The van der Waals surface area contributed by atoms with Crippen molar-refractivity contribution in [1.82, 2.24) is 0 Å². The van der Waals surface area contributed by atoms with Crippen LogP contribution in [0.2, 0.25) is 0 Å². The Balaban J connectivity index is 1.74. The molecule has 15 heavy (non-hydrogen) atoms. The molecule has 0 aliphatic heterocycles. The third-order valence-corrected chi connectivity index (χ3v) is 4.70. The fourth-order valence-corrected chi connectivity index (χ4v) is 4.09. The zero-order valence-corrected chi connectivity index (χ0v) is 9.07. The lowest BCUT2D eigenvalue weighted by atomic mass is 10.1. The molecule has 3 unspecified atom stereocenters. The summed E-state index contributed by atoms with van der Waals surface area (Å²) in [7, 11) is -3.90. The van der Waals surface area contributed by atoms with Crippen molar-refractivity contribution in [2.75, 3.05) is 6.61 Å². The van der Waals surface area contributed by atoms with Crippen LogP contribution in [0.3, 0.4) is 0 Å². The van der Waals surface area contributed by atoms with E-state index >= 15 is 0 Å². The minimum Gasteiger partial charge on any atom is -0.299 e. The number of rotatable bonds is 4. The van der Waals surface area contributed by atoms with Crippen LogP contribution in [0.15, 0.2) is 0 Å². The Bertz CT molecular complexity index is 414. The molecule has 4 bridgehead atoms. The first-order valence-corrected chi connectivity index (χ1v) is 6.50. The summed E-state index contributed by atoms with van der Waals surface area (Å²) >= 11 is 0. The van der Waals surface area contributed by atoms with Crippen LogP contribution in [-0.4, -0.2) is 26.9 Å². The van der Waals surface area contributed by atoms with E-state index in [2.05, 4.69) is 4.18 Å². The molecule has 0 saturated heterocycles. The zero-order chi connectivity index (χ0) is 10.8. The first kappa shape index (κ1) is 9.74. The van der Waals surface area contributed by atoms with E-state index in [-0.39, 0.29) is 30.1 Å². The van der Waals surface area contributed by atoms with Crippen LogP contribution >= 0.6 is 0 Å². The molecule has 4 rings (SSSR count). The monoisotopic (exact) mass is 232 g/mol. The molecule has 4 aliphatic carbocycles. The van der Waals surface area contributed by atoms with Gasteiger partial charge in [-0.1, -0.05) is 0 Å². The molecule has 5 atom stereocenters. The standard InChI is InChI=1S/C9H12O5S/c1-2-13-15(11,12)14-9-5-3-4-6(7(4)9)8(5)10/h4-7,9H,2-3H2,1H3/t4-,5+,6?,7?,9?/m0/s1. The predicted octanol–water partition coefficient (Wildman–Crippen LogP) is 0.118. The van der Waals surface area contributed by atoms with Gasteiger partial charge in [-0.05, 0) is 19.3 Å². The Kier molecular flexibility index (Phi) is 1.82. The van der Waals surface area contributed by atoms with Crippen LogP contribution < -0.4 is 0 Å². The molecular weight excluding hydrogens is 220 g/mol. The summed E-state index contributed by atoms with van der Waals surface area (Å²) in [6.45, 7) is 1.64. The molecule has 84 valence electrons. The van der Waals surface area contributed by atoms with Crippen molar-refractivity contribution in [3.63, 3.8) is 0 Å². The summed E-state index contributed by atoms with van der Waals surface area (Å²) in [6, 6.07) is 0. The van der Waals surface area contributed by atoms with Gasteiger partial charge in [0.1, 0.15) is 5.78 Å². The molecule has 6 heteroatoms. The topological polar surface area (TPSA) is 69.7 Å². The molecule has 4 fully saturated rings. The van der Waals surface area contributed by atoms with Gasteiger partial charge in [0.15, 0.2) is 0 Å². The molecule has 4 saturated carbocycles. The smallest absolute Gasteiger partial charge is 0.299 e. The van der Waals surface area contributed by atoms with Gasteiger partial charge in [-0.25, -0.2) is 8.37 Å². The molecule has 4 aliphatic rings. The van der Waals surface area contributed by atoms with Crippen LogP contribution in [0, 0.1) is 23.7 Å². The van der Waals surface area contributed by atoms with E-state index in [1.165, 1.54) is 0 Å². The van der Waals surface area contributed by atoms with Crippen LogP contribution in [-0.2, 0) is 23.6 Å². The van der Waals surface area contributed by atoms with Crippen molar-refractivity contribution in [3.05, 3.63) is 0 Å². The molecule has 5 nitrogen and oxygen atoms in total. The average molecular weight is 232 g/mol. The maximum atomic E-state index is 11.5. The highest BCUT2D eigenvalue weighted by Crippen LogP contribution is 2.69. The SMILES string of the molecule is CCOS(=O)(=O)OC1C2C3C(=O)[C@H]1C[C@@H]32. The second-order valence-corrected chi connectivity index (χ2v) is 5.63. The van der Waals surface area contributed by atoms with Crippen LogP contribution in [0.4, 0.5) is 0 Å². The first-order chi connectivity index (χ1) is 7.05. The molecule has 0 heterocycles. The lowest BCUT2D eigenvalue weighted by Gasteiger charge is -2.13. The maximum Gasteiger partial charge on any atom is 0.400 e. The van der Waals surface area contributed by atoms with E-state index in [1.807, 2.05) is 0 Å². The van der Waals surface area contributed by atoms with Gasteiger partial charge in [0.05, 0.1) is 12.7 Å². The number of Topliss-reactive ketones (excluding diaryl/α,β-unsaturated/α-hetero) is 1. The number of carbonyl (C=O) groups is 1. The van der Waals surface area contributed by atoms with E-state index in [9.17, 15) is 13.2 Å². The Morgan fingerprint density at radius 2 is 2.20 bits per heavy atom. The highest BCUT2D eigenvalue weighted by atomic mass is 32.3. The second kappa shape index (κ2) is 2.81. The minimum atomic E-state index is -3.90. The molecule has 0 N–H and O–H groups in total. The van der Waals surface area contributed by atoms with Gasteiger partial charge >= 0.3 is 10.4 Å². The third kappa shape index (κ3) is 1.21. The quantitative estimate of drug-likeness (QED) is 0.688. The number of ketones is 1. The average Bonchev–Trinajstić information content (AvgIpc) is 2.45. The lowest BCUT2D eigenvalue weighted by molar-refractivity contribution is -0.121. The summed E-state index contributed by atoms with van der Waals surface area (Å²) < 4.78 is 32.0. The molecular formula is C9H12O5S. The summed E-state index contributed by atoms with van der Waals surface area (Å²) in [4.78, 5) is 11.5. The van der Waals surface area contributed by atoms with E-state index < -0.39 is 16.5 Å². The van der Waals surface area contributed by atoms with Crippen molar-refractivity contribution in [1.29, 1.82) is 0 Å². The zero-order valence-electron chi connectivity index (χ0n) is 8.25. The molecule has 0 radical (unpaired) electrons. The van der Waals surface area contributed by atoms with E-state index in [0.717, 1.165) is 6.42 Å². The van der Waals surface area contributed by atoms with Gasteiger partial charge in [0.25, 0.3) is 0 Å². The first-order valence-electron chi connectivity index (χ1n) is 5.16. The van der Waals surface area contributed by atoms with Gasteiger partial charge in [0, 0.05) is 17.8 Å². The highest BCUT2D eigenvalue weighted by molar-refractivity contribution is 7.81. The molecule has 0 aromatic heterocycles. The molecule has 0 aromatic carbocycles. The van der Waals surface area contributed by atoms with Gasteiger partial charge in [-0.2, -0.15) is 8.42 Å². The van der Waals surface area contributed by atoms with Crippen LogP contribution in [0.25, 0.3) is 0 Å². The number of hydrogen-bond acceptors (Lipinski definition) is 5. The van der Waals surface area contributed by atoms with Crippen LogP contribution in [0.5, 0.6) is 0 Å². The molecule has 0 spiro atoms. The largest absolute Gasteiger partial charge is 0.400 e. The Morgan fingerprint density at radius 1 is 1.47 bits per heavy atom. The van der Waals surface area contributed by atoms with Crippen LogP contribution in [0.1, 0.15) is 13.3 Å². The summed E-state index contributed by atoms with van der Waals surface area (Å²) in [6.07, 6.45) is 0.365. The summed E-state index contributed by atoms with van der Waals surface area (Å²) in [5.74, 6) is 0.640. The van der Waals surface area contributed by atoms with Gasteiger partial charge in [-0.15, -0.1) is 0 Å².